The van der Waals surface area contributed by atoms with Crippen molar-refractivity contribution in [3.8, 4) is 5.75 Å². The first-order chi connectivity index (χ1) is 13.2. The Morgan fingerprint density at radius 1 is 0.815 bits per heavy atom. The predicted octanol–water partition coefficient (Wildman–Crippen LogP) is 5.68. The zero-order valence-electron chi connectivity index (χ0n) is 16.3. The summed E-state index contributed by atoms with van der Waals surface area (Å²) in [7, 11) is 0. The molecule has 1 atom stereocenters. The van der Waals surface area contributed by atoms with E-state index < -0.39 is 0 Å². The summed E-state index contributed by atoms with van der Waals surface area (Å²) in [5, 5.41) is 3.62. The molecular weight excluding hydrogens is 330 g/mol. The molecule has 3 rings (SSSR count). The first-order valence-corrected chi connectivity index (χ1v) is 9.73. The van der Waals surface area contributed by atoms with Crippen LogP contribution in [0.5, 0.6) is 5.75 Å². The fourth-order valence-electron chi connectivity index (χ4n) is 3.02. The van der Waals surface area contributed by atoms with Crippen molar-refractivity contribution in [1.29, 1.82) is 0 Å². The summed E-state index contributed by atoms with van der Waals surface area (Å²) in [6, 6.07) is 28.0. The van der Waals surface area contributed by atoms with Crippen molar-refractivity contribution in [3.05, 3.63) is 101 Å². The Labute approximate surface area is 163 Å². The van der Waals surface area contributed by atoms with Crippen molar-refractivity contribution in [2.45, 2.75) is 45.9 Å². The SMILES string of the molecule is Cc1ccc(COc2cccc(CN[C@H](C)CCc3ccccc3)c2)cc1. The van der Waals surface area contributed by atoms with Crippen LogP contribution < -0.4 is 10.1 Å². The third kappa shape index (κ3) is 6.58. The molecule has 0 saturated heterocycles. The standard InChI is InChI=1S/C25H29NO/c1-20-11-14-23(15-12-20)19-27-25-10-6-9-24(17-25)18-26-21(2)13-16-22-7-4-3-5-8-22/h3-12,14-15,17,21,26H,13,16,18-19H2,1-2H3/t21-/m1/s1. The molecule has 1 N–H and O–H groups in total. The number of rotatable bonds is 9. The molecule has 2 nitrogen and oxygen atoms in total. The van der Waals surface area contributed by atoms with E-state index in [2.05, 4.69) is 92.0 Å². The molecule has 0 aromatic heterocycles. The lowest BCUT2D eigenvalue weighted by Gasteiger charge is -2.14. The Balaban J connectivity index is 1.44. The molecule has 0 unspecified atom stereocenters. The third-order valence-corrected chi connectivity index (χ3v) is 4.79. The van der Waals surface area contributed by atoms with E-state index in [1.807, 2.05) is 6.07 Å². The lowest BCUT2D eigenvalue weighted by atomic mass is 10.1. The highest BCUT2D eigenvalue weighted by atomic mass is 16.5. The summed E-state index contributed by atoms with van der Waals surface area (Å²) < 4.78 is 5.96. The van der Waals surface area contributed by atoms with Gasteiger partial charge in [-0.3, -0.25) is 0 Å². The Morgan fingerprint density at radius 3 is 2.33 bits per heavy atom. The zero-order chi connectivity index (χ0) is 18.9. The van der Waals surface area contributed by atoms with Gasteiger partial charge in [0.15, 0.2) is 0 Å². The minimum Gasteiger partial charge on any atom is -0.489 e. The van der Waals surface area contributed by atoms with Crippen LogP contribution in [0.2, 0.25) is 0 Å². The number of ether oxygens (including phenoxy) is 1. The fourth-order valence-corrected chi connectivity index (χ4v) is 3.02. The Bertz CT molecular complexity index is 811. The summed E-state index contributed by atoms with van der Waals surface area (Å²) >= 11 is 0. The topological polar surface area (TPSA) is 21.3 Å². The van der Waals surface area contributed by atoms with Gasteiger partial charge >= 0.3 is 0 Å². The van der Waals surface area contributed by atoms with Crippen molar-refractivity contribution < 1.29 is 4.74 Å². The zero-order valence-corrected chi connectivity index (χ0v) is 16.3. The van der Waals surface area contributed by atoms with Gasteiger partial charge in [-0.25, -0.2) is 0 Å². The van der Waals surface area contributed by atoms with Gasteiger partial charge in [-0.15, -0.1) is 0 Å². The van der Waals surface area contributed by atoms with E-state index in [1.165, 1.54) is 22.3 Å². The summed E-state index contributed by atoms with van der Waals surface area (Å²) in [5.74, 6) is 0.923. The van der Waals surface area contributed by atoms with E-state index >= 15 is 0 Å². The molecule has 0 heterocycles. The average molecular weight is 360 g/mol. The maximum Gasteiger partial charge on any atom is 0.120 e. The van der Waals surface area contributed by atoms with Crippen LogP contribution >= 0.6 is 0 Å². The molecule has 0 radical (unpaired) electrons. The molecule has 27 heavy (non-hydrogen) atoms. The summed E-state index contributed by atoms with van der Waals surface area (Å²) in [6.45, 7) is 5.81. The first kappa shape index (κ1) is 19.2. The summed E-state index contributed by atoms with van der Waals surface area (Å²) in [6.07, 6.45) is 2.24. The van der Waals surface area contributed by atoms with Crippen molar-refractivity contribution in [1.82, 2.24) is 5.32 Å². The Hall–Kier alpha value is -2.58. The van der Waals surface area contributed by atoms with Crippen LogP contribution in [0.25, 0.3) is 0 Å². The van der Waals surface area contributed by atoms with Crippen molar-refractivity contribution in [2.24, 2.45) is 0 Å². The second-order valence-electron chi connectivity index (χ2n) is 7.23. The molecule has 0 saturated carbocycles. The maximum absolute atomic E-state index is 5.96. The maximum atomic E-state index is 5.96. The largest absolute Gasteiger partial charge is 0.489 e. The van der Waals surface area contributed by atoms with Gasteiger partial charge in [-0.05, 0) is 55.5 Å². The van der Waals surface area contributed by atoms with Crippen LogP contribution in [0.3, 0.4) is 0 Å². The van der Waals surface area contributed by atoms with Gasteiger partial charge in [0, 0.05) is 12.6 Å². The minimum absolute atomic E-state index is 0.474. The van der Waals surface area contributed by atoms with Gasteiger partial charge in [0.05, 0.1) is 0 Å². The second kappa shape index (κ2) is 9.94. The lowest BCUT2D eigenvalue weighted by Crippen LogP contribution is -2.25. The molecule has 0 aliphatic carbocycles. The van der Waals surface area contributed by atoms with Crippen LogP contribution in [0.15, 0.2) is 78.9 Å². The van der Waals surface area contributed by atoms with Crippen LogP contribution in [-0.4, -0.2) is 6.04 Å². The fraction of sp³-hybridized carbons (Fsp3) is 0.280. The predicted molar refractivity (Wildman–Crippen MR) is 113 cm³/mol. The Kier molecular flexibility index (Phi) is 7.06. The molecule has 0 aliphatic heterocycles. The van der Waals surface area contributed by atoms with Crippen molar-refractivity contribution >= 4 is 0 Å². The van der Waals surface area contributed by atoms with Gasteiger partial charge in [0.2, 0.25) is 0 Å². The highest BCUT2D eigenvalue weighted by Gasteiger charge is 2.04. The number of hydrogen-bond donors (Lipinski definition) is 1. The quantitative estimate of drug-likeness (QED) is 0.530. The van der Waals surface area contributed by atoms with E-state index in [-0.39, 0.29) is 0 Å². The first-order valence-electron chi connectivity index (χ1n) is 9.73. The highest BCUT2D eigenvalue weighted by molar-refractivity contribution is 5.29. The van der Waals surface area contributed by atoms with E-state index in [0.29, 0.717) is 12.6 Å². The van der Waals surface area contributed by atoms with Crippen LogP contribution in [-0.2, 0) is 19.6 Å². The Morgan fingerprint density at radius 2 is 1.56 bits per heavy atom. The van der Waals surface area contributed by atoms with E-state index in [9.17, 15) is 0 Å². The van der Waals surface area contributed by atoms with Crippen molar-refractivity contribution in [2.75, 3.05) is 0 Å². The van der Waals surface area contributed by atoms with Gasteiger partial charge in [-0.1, -0.05) is 72.3 Å². The van der Waals surface area contributed by atoms with Gasteiger partial charge in [0.25, 0.3) is 0 Å². The normalized spacial score (nSPS) is 11.9. The number of benzene rings is 3. The molecule has 3 aromatic carbocycles. The molecular formula is C25H29NO. The van der Waals surface area contributed by atoms with Crippen LogP contribution in [0, 0.1) is 6.92 Å². The molecule has 0 bridgehead atoms. The van der Waals surface area contributed by atoms with E-state index in [4.69, 9.17) is 4.74 Å². The smallest absolute Gasteiger partial charge is 0.120 e. The number of hydrogen-bond acceptors (Lipinski definition) is 2. The molecule has 0 spiro atoms. The molecule has 0 amide bonds. The monoisotopic (exact) mass is 359 g/mol. The van der Waals surface area contributed by atoms with Gasteiger partial charge in [-0.2, -0.15) is 0 Å². The number of aryl methyl sites for hydroxylation is 2. The second-order valence-corrected chi connectivity index (χ2v) is 7.23. The van der Waals surface area contributed by atoms with Gasteiger partial charge < -0.3 is 10.1 Å². The summed E-state index contributed by atoms with van der Waals surface area (Å²) in [4.78, 5) is 0. The van der Waals surface area contributed by atoms with Gasteiger partial charge in [0.1, 0.15) is 12.4 Å². The molecule has 3 aromatic rings. The molecule has 140 valence electrons. The van der Waals surface area contributed by atoms with Crippen LogP contribution in [0.1, 0.15) is 35.6 Å². The van der Waals surface area contributed by atoms with E-state index in [0.717, 1.165) is 25.1 Å². The highest BCUT2D eigenvalue weighted by Crippen LogP contribution is 2.16. The lowest BCUT2D eigenvalue weighted by molar-refractivity contribution is 0.306. The van der Waals surface area contributed by atoms with Crippen molar-refractivity contribution in [3.63, 3.8) is 0 Å². The summed E-state index contributed by atoms with van der Waals surface area (Å²) in [5.41, 5.74) is 5.12. The van der Waals surface area contributed by atoms with Crippen LogP contribution in [0.4, 0.5) is 0 Å². The third-order valence-electron chi connectivity index (χ3n) is 4.79. The number of nitrogens with one attached hydrogen (secondary N) is 1. The van der Waals surface area contributed by atoms with E-state index in [1.54, 1.807) is 0 Å². The average Bonchev–Trinajstić information content (AvgIpc) is 2.71. The molecule has 0 aliphatic rings. The minimum atomic E-state index is 0.474. The molecule has 2 heteroatoms. The molecule has 0 fully saturated rings.